The molecule has 0 aromatic heterocycles. The molecule has 0 saturated carbocycles. The van der Waals surface area contributed by atoms with Crippen molar-refractivity contribution >= 4 is 18.3 Å². The zero-order valence-corrected chi connectivity index (χ0v) is 12.1. The lowest BCUT2D eigenvalue weighted by Crippen LogP contribution is -2.34. The summed E-state index contributed by atoms with van der Waals surface area (Å²) < 4.78 is 18.1. The van der Waals surface area contributed by atoms with Gasteiger partial charge in [-0.25, -0.2) is 4.39 Å². The average Bonchev–Trinajstić information content (AvgIpc) is 2.70. The van der Waals surface area contributed by atoms with Gasteiger partial charge < -0.3 is 15.0 Å². The number of ether oxygens (including phenoxy) is 1. The van der Waals surface area contributed by atoms with Gasteiger partial charge in [-0.2, -0.15) is 0 Å². The highest BCUT2D eigenvalue weighted by atomic mass is 35.5. The van der Waals surface area contributed by atoms with Crippen LogP contribution in [0.5, 0.6) is 5.75 Å². The number of carbonyl (C=O) groups is 1. The second kappa shape index (κ2) is 8.76. The molecule has 0 radical (unpaired) electrons. The lowest BCUT2D eigenvalue weighted by molar-refractivity contribution is -0.131. The fraction of sp³-hybridized carbons (Fsp3) is 0.500. The highest BCUT2D eigenvalue weighted by Gasteiger charge is 2.14. The zero-order valence-electron chi connectivity index (χ0n) is 11.3. The first-order valence-electron chi connectivity index (χ1n) is 6.62. The van der Waals surface area contributed by atoms with E-state index in [2.05, 4.69) is 5.32 Å². The van der Waals surface area contributed by atoms with Crippen molar-refractivity contribution in [1.29, 1.82) is 0 Å². The molecule has 1 aromatic carbocycles. The lowest BCUT2D eigenvalue weighted by atomic mass is 10.3. The summed E-state index contributed by atoms with van der Waals surface area (Å²) in [6.45, 7) is 3.71. The summed E-state index contributed by atoms with van der Waals surface area (Å²) in [7, 11) is 0. The summed E-state index contributed by atoms with van der Waals surface area (Å²) in [5, 5.41) is 3.26. The predicted molar refractivity (Wildman–Crippen MR) is 77.8 cm³/mol. The number of benzene rings is 1. The summed E-state index contributed by atoms with van der Waals surface area (Å²) >= 11 is 0. The molecule has 1 heterocycles. The Balaban J connectivity index is 0.00000200. The molecule has 1 aliphatic heterocycles. The second-order valence-corrected chi connectivity index (χ2v) is 4.54. The number of hydrogen-bond acceptors (Lipinski definition) is 3. The molecule has 4 nitrogen and oxygen atoms in total. The van der Waals surface area contributed by atoms with Crippen molar-refractivity contribution in [1.82, 2.24) is 10.2 Å². The Kier molecular flexibility index (Phi) is 7.33. The van der Waals surface area contributed by atoms with Gasteiger partial charge in [-0.3, -0.25) is 4.79 Å². The Hall–Kier alpha value is -1.33. The lowest BCUT2D eigenvalue weighted by Gasteiger charge is -2.19. The van der Waals surface area contributed by atoms with E-state index in [9.17, 15) is 9.18 Å². The Morgan fingerprint density at radius 3 is 2.75 bits per heavy atom. The van der Waals surface area contributed by atoms with Crippen LogP contribution in [0, 0.1) is 5.82 Å². The van der Waals surface area contributed by atoms with E-state index in [0.717, 1.165) is 32.6 Å². The van der Waals surface area contributed by atoms with Crippen LogP contribution in [-0.2, 0) is 4.79 Å². The molecule has 1 saturated heterocycles. The molecule has 0 unspecified atom stereocenters. The SMILES string of the molecule is Cl.O=C(CCOc1ccc(F)cc1)N1CCCNCC1. The van der Waals surface area contributed by atoms with Crippen LogP contribution < -0.4 is 10.1 Å². The predicted octanol–water partition coefficient (Wildman–Crippen LogP) is 1.84. The number of carbonyl (C=O) groups excluding carboxylic acids is 1. The summed E-state index contributed by atoms with van der Waals surface area (Å²) in [5.74, 6) is 0.415. The molecule has 1 aromatic rings. The molecule has 112 valence electrons. The van der Waals surface area contributed by atoms with Gasteiger partial charge >= 0.3 is 0 Å². The van der Waals surface area contributed by atoms with E-state index in [4.69, 9.17) is 4.74 Å². The van der Waals surface area contributed by atoms with Crippen molar-refractivity contribution in [3.05, 3.63) is 30.1 Å². The molecule has 0 atom stereocenters. The standard InChI is InChI=1S/C14H19FN2O2.ClH/c15-12-2-4-13(5-3-12)19-11-6-14(18)17-9-1-7-16-8-10-17;/h2-5,16H,1,6-11H2;1H. The maximum absolute atomic E-state index is 12.7. The Morgan fingerprint density at radius 2 is 2.00 bits per heavy atom. The van der Waals surface area contributed by atoms with E-state index < -0.39 is 0 Å². The fourth-order valence-corrected chi connectivity index (χ4v) is 2.04. The minimum absolute atomic E-state index is 0. The topological polar surface area (TPSA) is 41.6 Å². The van der Waals surface area contributed by atoms with E-state index in [1.807, 2.05) is 4.90 Å². The van der Waals surface area contributed by atoms with Crippen LogP contribution in [-0.4, -0.2) is 43.6 Å². The minimum atomic E-state index is -0.291. The minimum Gasteiger partial charge on any atom is -0.493 e. The maximum Gasteiger partial charge on any atom is 0.226 e. The van der Waals surface area contributed by atoms with Crippen molar-refractivity contribution in [3.8, 4) is 5.75 Å². The third kappa shape index (κ3) is 5.35. The second-order valence-electron chi connectivity index (χ2n) is 4.54. The Morgan fingerprint density at radius 1 is 1.25 bits per heavy atom. The van der Waals surface area contributed by atoms with Gasteiger partial charge in [0.2, 0.25) is 5.91 Å². The number of nitrogens with one attached hydrogen (secondary N) is 1. The molecule has 0 spiro atoms. The first-order chi connectivity index (χ1) is 9.25. The number of amides is 1. The fourth-order valence-electron chi connectivity index (χ4n) is 2.04. The first kappa shape index (κ1) is 16.7. The van der Waals surface area contributed by atoms with Crippen LogP contribution in [0.15, 0.2) is 24.3 Å². The van der Waals surface area contributed by atoms with Gasteiger partial charge in [0, 0.05) is 19.6 Å². The molecule has 1 fully saturated rings. The van der Waals surface area contributed by atoms with Crippen LogP contribution >= 0.6 is 12.4 Å². The molecule has 20 heavy (non-hydrogen) atoms. The highest BCUT2D eigenvalue weighted by Crippen LogP contribution is 2.11. The number of hydrogen-bond donors (Lipinski definition) is 1. The third-order valence-electron chi connectivity index (χ3n) is 3.09. The molecule has 1 aliphatic rings. The summed E-state index contributed by atoms with van der Waals surface area (Å²) in [6.07, 6.45) is 1.35. The summed E-state index contributed by atoms with van der Waals surface area (Å²) in [6, 6.07) is 5.82. The summed E-state index contributed by atoms with van der Waals surface area (Å²) in [5.41, 5.74) is 0. The molecular weight excluding hydrogens is 283 g/mol. The molecule has 2 rings (SSSR count). The largest absolute Gasteiger partial charge is 0.493 e. The van der Waals surface area contributed by atoms with E-state index in [1.165, 1.54) is 12.1 Å². The van der Waals surface area contributed by atoms with Crippen molar-refractivity contribution in [3.63, 3.8) is 0 Å². The molecule has 1 N–H and O–H groups in total. The van der Waals surface area contributed by atoms with E-state index in [-0.39, 0.29) is 24.1 Å². The highest BCUT2D eigenvalue weighted by molar-refractivity contribution is 5.85. The third-order valence-corrected chi connectivity index (χ3v) is 3.09. The molecule has 1 amide bonds. The zero-order chi connectivity index (χ0) is 13.5. The van der Waals surface area contributed by atoms with Gasteiger partial charge in [0.15, 0.2) is 0 Å². The van der Waals surface area contributed by atoms with Gasteiger partial charge in [-0.1, -0.05) is 0 Å². The van der Waals surface area contributed by atoms with E-state index in [0.29, 0.717) is 18.8 Å². The van der Waals surface area contributed by atoms with Crippen LogP contribution in [0.1, 0.15) is 12.8 Å². The Bertz CT molecular complexity index is 406. The quantitative estimate of drug-likeness (QED) is 0.923. The first-order valence-corrected chi connectivity index (χ1v) is 6.62. The molecular formula is C14H20ClFN2O2. The smallest absolute Gasteiger partial charge is 0.226 e. The Labute approximate surface area is 124 Å². The van der Waals surface area contributed by atoms with Crippen molar-refractivity contribution < 1.29 is 13.9 Å². The number of halogens is 2. The van der Waals surface area contributed by atoms with Crippen molar-refractivity contribution in [2.45, 2.75) is 12.8 Å². The maximum atomic E-state index is 12.7. The van der Waals surface area contributed by atoms with Crippen LogP contribution in [0.2, 0.25) is 0 Å². The average molecular weight is 303 g/mol. The van der Waals surface area contributed by atoms with Gasteiger partial charge in [0.05, 0.1) is 13.0 Å². The van der Waals surface area contributed by atoms with Crippen LogP contribution in [0.3, 0.4) is 0 Å². The van der Waals surface area contributed by atoms with E-state index in [1.54, 1.807) is 12.1 Å². The number of rotatable bonds is 4. The van der Waals surface area contributed by atoms with E-state index >= 15 is 0 Å². The molecule has 6 heteroatoms. The van der Waals surface area contributed by atoms with Gasteiger partial charge in [-0.05, 0) is 37.2 Å². The van der Waals surface area contributed by atoms with Crippen LogP contribution in [0.25, 0.3) is 0 Å². The van der Waals surface area contributed by atoms with Gasteiger partial charge in [0.1, 0.15) is 11.6 Å². The number of nitrogens with zero attached hydrogens (tertiary/aromatic N) is 1. The monoisotopic (exact) mass is 302 g/mol. The van der Waals surface area contributed by atoms with Gasteiger partial charge in [0.25, 0.3) is 0 Å². The van der Waals surface area contributed by atoms with Crippen molar-refractivity contribution in [2.24, 2.45) is 0 Å². The molecule has 0 bridgehead atoms. The van der Waals surface area contributed by atoms with Crippen LogP contribution in [0.4, 0.5) is 4.39 Å². The normalized spacial score (nSPS) is 15.2. The summed E-state index contributed by atoms with van der Waals surface area (Å²) in [4.78, 5) is 13.8. The van der Waals surface area contributed by atoms with Gasteiger partial charge in [-0.15, -0.1) is 12.4 Å². The van der Waals surface area contributed by atoms with Crippen molar-refractivity contribution in [2.75, 3.05) is 32.8 Å². The molecule has 0 aliphatic carbocycles.